The lowest BCUT2D eigenvalue weighted by Crippen LogP contribution is -2.14. The largest absolute Gasteiger partial charge is 0.478 e. The number of nitrogens with zero attached hydrogens (tertiary/aromatic N) is 1. The molecular weight excluding hydrogens is 254 g/mol. The number of benzene rings is 2. The predicted molar refractivity (Wildman–Crippen MR) is 69.6 cm³/mol. The van der Waals surface area contributed by atoms with Crippen LogP contribution in [0.5, 0.6) is 0 Å². The summed E-state index contributed by atoms with van der Waals surface area (Å²) in [6.45, 7) is 0. The Morgan fingerprint density at radius 2 is 1.72 bits per heavy atom. The first-order valence-corrected chi connectivity index (χ1v) is 6.28. The minimum Gasteiger partial charge on any atom is -0.478 e. The second-order valence-electron chi connectivity index (χ2n) is 3.74. The Labute approximate surface area is 105 Å². The second kappa shape index (κ2) is 4.66. The standard InChI is InChI=1S/C12H11NO4S/c1-13(18(16)17)11-7-6-10(12(14)15)8-4-2-3-5-9(8)11/h2-7,18H,1H3,(H,14,15). The molecule has 1 N–H and O–H groups in total. The summed E-state index contributed by atoms with van der Waals surface area (Å²) in [5.41, 5.74) is 0.621. The van der Waals surface area contributed by atoms with E-state index < -0.39 is 16.9 Å². The average Bonchev–Trinajstić information content (AvgIpc) is 2.36. The van der Waals surface area contributed by atoms with Gasteiger partial charge in [-0.3, -0.25) is 4.31 Å². The van der Waals surface area contributed by atoms with Crippen LogP contribution >= 0.6 is 0 Å². The Hall–Kier alpha value is -2.08. The van der Waals surface area contributed by atoms with Crippen LogP contribution in [-0.4, -0.2) is 26.5 Å². The lowest BCUT2D eigenvalue weighted by Gasteiger charge is -2.15. The van der Waals surface area contributed by atoms with E-state index in [0.29, 0.717) is 16.5 Å². The third-order valence-corrected chi connectivity index (χ3v) is 3.43. The molecule has 0 saturated heterocycles. The fraction of sp³-hybridized carbons (Fsp3) is 0.0833. The van der Waals surface area contributed by atoms with Crippen molar-refractivity contribution in [2.45, 2.75) is 0 Å². The number of rotatable bonds is 3. The van der Waals surface area contributed by atoms with Crippen LogP contribution < -0.4 is 4.31 Å². The first-order valence-electron chi connectivity index (χ1n) is 5.15. The molecule has 6 heteroatoms. The molecule has 0 aliphatic heterocycles. The summed E-state index contributed by atoms with van der Waals surface area (Å²) in [6, 6.07) is 9.73. The maximum atomic E-state index is 11.1. The monoisotopic (exact) mass is 265 g/mol. The van der Waals surface area contributed by atoms with Crippen molar-refractivity contribution >= 4 is 33.3 Å². The normalized spacial score (nSPS) is 10.8. The first-order chi connectivity index (χ1) is 8.52. The van der Waals surface area contributed by atoms with E-state index in [0.717, 1.165) is 4.31 Å². The lowest BCUT2D eigenvalue weighted by atomic mass is 10.0. The van der Waals surface area contributed by atoms with E-state index in [1.165, 1.54) is 19.2 Å². The maximum absolute atomic E-state index is 11.1. The van der Waals surface area contributed by atoms with Crippen LogP contribution in [0.15, 0.2) is 36.4 Å². The van der Waals surface area contributed by atoms with Crippen molar-refractivity contribution < 1.29 is 18.3 Å². The Morgan fingerprint density at radius 3 is 2.28 bits per heavy atom. The fourth-order valence-electron chi connectivity index (χ4n) is 1.84. The summed E-state index contributed by atoms with van der Waals surface area (Å²) in [7, 11) is -1.33. The van der Waals surface area contributed by atoms with Gasteiger partial charge in [0.2, 0.25) is 10.9 Å². The third-order valence-electron chi connectivity index (χ3n) is 2.73. The van der Waals surface area contributed by atoms with Crippen LogP contribution in [0, 0.1) is 0 Å². The number of carboxylic acids is 1. The smallest absolute Gasteiger partial charge is 0.336 e. The molecule has 0 saturated carbocycles. The van der Waals surface area contributed by atoms with Gasteiger partial charge in [-0.1, -0.05) is 24.3 Å². The van der Waals surface area contributed by atoms with E-state index in [2.05, 4.69) is 0 Å². The van der Waals surface area contributed by atoms with E-state index in [9.17, 15) is 13.2 Å². The van der Waals surface area contributed by atoms with E-state index in [1.807, 2.05) is 0 Å². The highest BCUT2D eigenvalue weighted by Gasteiger charge is 2.13. The summed E-state index contributed by atoms with van der Waals surface area (Å²) < 4.78 is 23.1. The van der Waals surface area contributed by atoms with Crippen LogP contribution in [0.4, 0.5) is 5.69 Å². The molecule has 0 fully saturated rings. The summed E-state index contributed by atoms with van der Waals surface area (Å²) in [5.74, 6) is -1.04. The highest BCUT2D eigenvalue weighted by atomic mass is 32.2. The molecule has 0 aliphatic rings. The molecule has 0 amide bonds. The molecule has 0 aromatic heterocycles. The molecule has 2 aromatic carbocycles. The molecule has 2 aromatic rings. The van der Waals surface area contributed by atoms with Gasteiger partial charge in [0.15, 0.2) is 0 Å². The topological polar surface area (TPSA) is 74.7 Å². The van der Waals surface area contributed by atoms with Crippen molar-refractivity contribution in [2.75, 3.05) is 11.4 Å². The van der Waals surface area contributed by atoms with Gasteiger partial charge in [-0.05, 0) is 17.5 Å². The van der Waals surface area contributed by atoms with E-state index in [-0.39, 0.29) is 5.56 Å². The van der Waals surface area contributed by atoms with E-state index in [4.69, 9.17) is 5.11 Å². The summed E-state index contributed by atoms with van der Waals surface area (Å²) in [5, 5.41) is 10.2. The second-order valence-corrected chi connectivity index (χ2v) is 4.82. The Balaban J connectivity index is 2.80. The van der Waals surface area contributed by atoms with Gasteiger partial charge in [0.05, 0.1) is 11.3 Å². The van der Waals surface area contributed by atoms with Crippen molar-refractivity contribution in [1.82, 2.24) is 0 Å². The first kappa shape index (κ1) is 12.4. The zero-order valence-electron chi connectivity index (χ0n) is 9.53. The van der Waals surface area contributed by atoms with Crippen LogP contribution in [0.1, 0.15) is 10.4 Å². The molecule has 5 nitrogen and oxygen atoms in total. The van der Waals surface area contributed by atoms with Crippen LogP contribution in [-0.2, 0) is 10.9 Å². The van der Waals surface area contributed by atoms with Crippen molar-refractivity contribution in [2.24, 2.45) is 0 Å². The van der Waals surface area contributed by atoms with Gasteiger partial charge < -0.3 is 5.11 Å². The van der Waals surface area contributed by atoms with E-state index in [1.54, 1.807) is 24.3 Å². The summed E-state index contributed by atoms with van der Waals surface area (Å²) >= 11 is 0. The Kier molecular flexibility index (Phi) is 3.20. The Morgan fingerprint density at radius 1 is 1.11 bits per heavy atom. The molecule has 18 heavy (non-hydrogen) atoms. The minimum atomic E-state index is -2.75. The number of carbonyl (C=O) groups is 1. The molecule has 0 radical (unpaired) electrons. The van der Waals surface area contributed by atoms with Crippen LogP contribution in [0.25, 0.3) is 10.8 Å². The van der Waals surface area contributed by atoms with Gasteiger partial charge in [-0.2, -0.15) is 0 Å². The minimum absolute atomic E-state index is 0.156. The zero-order valence-corrected chi connectivity index (χ0v) is 10.4. The highest BCUT2D eigenvalue weighted by molar-refractivity contribution is 7.74. The number of hydrogen-bond donors (Lipinski definition) is 2. The van der Waals surface area contributed by atoms with Crippen molar-refractivity contribution in [3.8, 4) is 0 Å². The maximum Gasteiger partial charge on any atom is 0.336 e. The Bertz CT molecular complexity index is 686. The van der Waals surface area contributed by atoms with Gasteiger partial charge in [-0.25, -0.2) is 13.2 Å². The van der Waals surface area contributed by atoms with Gasteiger partial charge in [0.25, 0.3) is 0 Å². The van der Waals surface area contributed by atoms with Gasteiger partial charge in [0.1, 0.15) is 0 Å². The molecular formula is C12H11NO4S. The van der Waals surface area contributed by atoms with Gasteiger partial charge >= 0.3 is 5.97 Å². The van der Waals surface area contributed by atoms with Crippen LogP contribution in [0.3, 0.4) is 0 Å². The van der Waals surface area contributed by atoms with Crippen molar-refractivity contribution in [1.29, 1.82) is 0 Å². The quantitative estimate of drug-likeness (QED) is 0.825. The molecule has 0 heterocycles. The molecule has 94 valence electrons. The highest BCUT2D eigenvalue weighted by Crippen LogP contribution is 2.29. The van der Waals surface area contributed by atoms with Gasteiger partial charge in [-0.15, -0.1) is 0 Å². The third kappa shape index (κ3) is 2.02. The molecule has 0 unspecified atom stereocenters. The number of aromatic carboxylic acids is 1. The summed E-state index contributed by atoms with van der Waals surface area (Å²) in [4.78, 5) is 11.1. The van der Waals surface area contributed by atoms with E-state index >= 15 is 0 Å². The fourth-order valence-corrected chi connectivity index (χ4v) is 2.19. The summed E-state index contributed by atoms with van der Waals surface area (Å²) in [6.07, 6.45) is 0. The lowest BCUT2D eigenvalue weighted by molar-refractivity contribution is 0.0699. The van der Waals surface area contributed by atoms with Gasteiger partial charge in [0, 0.05) is 12.4 Å². The molecule has 0 atom stereocenters. The zero-order chi connectivity index (χ0) is 13.3. The molecule has 0 bridgehead atoms. The van der Waals surface area contributed by atoms with Crippen molar-refractivity contribution in [3.05, 3.63) is 42.0 Å². The SMILES string of the molecule is CN(c1ccc(C(=O)O)c2ccccc12)[SH](=O)=O. The number of anilines is 1. The predicted octanol–water partition coefficient (Wildman–Crippen LogP) is 1.50. The number of carboxylic acid groups (broad SMARTS) is 1. The molecule has 0 spiro atoms. The number of fused-ring (bicyclic) bond motifs is 1. The average molecular weight is 265 g/mol. The molecule has 2 rings (SSSR count). The number of hydrogen-bond acceptors (Lipinski definition) is 3. The van der Waals surface area contributed by atoms with Crippen molar-refractivity contribution in [3.63, 3.8) is 0 Å². The van der Waals surface area contributed by atoms with Crippen LogP contribution in [0.2, 0.25) is 0 Å². The molecule has 0 aliphatic carbocycles. The number of thiol groups is 1.